The van der Waals surface area contributed by atoms with Crippen LogP contribution in [0.2, 0.25) is 0 Å². The lowest BCUT2D eigenvalue weighted by Gasteiger charge is -2.14. The number of aliphatic hydroxyl groups is 1. The molecule has 2 N–H and O–H groups in total. The molecule has 2 unspecified atom stereocenters. The highest BCUT2D eigenvalue weighted by atomic mass is 32.2. The van der Waals surface area contributed by atoms with Crippen molar-refractivity contribution >= 4 is 11.8 Å². The summed E-state index contributed by atoms with van der Waals surface area (Å²) in [6.45, 7) is 7.28. The van der Waals surface area contributed by atoms with Gasteiger partial charge in [0.25, 0.3) is 0 Å². The number of aliphatic hydroxyl groups excluding tert-OH is 1. The van der Waals surface area contributed by atoms with E-state index in [0.29, 0.717) is 6.04 Å². The summed E-state index contributed by atoms with van der Waals surface area (Å²) in [6, 6.07) is 9.08. The predicted octanol–water partition coefficient (Wildman–Crippen LogP) is 3.61. The Morgan fingerprint density at radius 3 is 2.78 bits per heavy atom. The van der Waals surface area contributed by atoms with Crippen LogP contribution >= 0.6 is 11.8 Å². The first kappa shape index (κ1) is 15.5. The maximum atomic E-state index is 9.25. The van der Waals surface area contributed by atoms with Gasteiger partial charge in [-0.05, 0) is 50.9 Å². The fourth-order valence-corrected chi connectivity index (χ4v) is 2.79. The van der Waals surface area contributed by atoms with Crippen LogP contribution in [0.1, 0.15) is 45.2 Å². The van der Waals surface area contributed by atoms with E-state index in [0.717, 1.165) is 25.1 Å². The fraction of sp³-hybridized carbons (Fsp3) is 0.600. The molecule has 1 aromatic carbocycles. The van der Waals surface area contributed by atoms with Crippen molar-refractivity contribution < 1.29 is 5.11 Å². The third kappa shape index (κ3) is 5.89. The van der Waals surface area contributed by atoms with Crippen LogP contribution in [0.4, 0.5) is 0 Å². The molecule has 0 heterocycles. The molecule has 0 aromatic heterocycles. The second-order valence-electron chi connectivity index (χ2n) is 4.73. The molecule has 1 rings (SSSR count). The molecule has 0 aliphatic heterocycles. The summed E-state index contributed by atoms with van der Waals surface area (Å²) in [6.07, 6.45) is 1.80. The van der Waals surface area contributed by atoms with E-state index in [1.165, 1.54) is 10.5 Å². The van der Waals surface area contributed by atoms with Gasteiger partial charge in [0.2, 0.25) is 0 Å². The van der Waals surface area contributed by atoms with E-state index in [1.807, 2.05) is 18.7 Å². The molecule has 102 valence electrons. The van der Waals surface area contributed by atoms with Crippen molar-refractivity contribution in [3.05, 3.63) is 29.8 Å². The fourth-order valence-electron chi connectivity index (χ4n) is 1.70. The van der Waals surface area contributed by atoms with Crippen molar-refractivity contribution in [2.45, 2.75) is 50.7 Å². The van der Waals surface area contributed by atoms with Gasteiger partial charge >= 0.3 is 0 Å². The number of thioether (sulfide) groups is 1. The molecule has 0 bridgehead atoms. The SMILES string of the molecule is CCCNC(C)c1cccc(SCCC(C)O)c1. The second-order valence-corrected chi connectivity index (χ2v) is 5.90. The predicted molar refractivity (Wildman–Crippen MR) is 80.2 cm³/mol. The van der Waals surface area contributed by atoms with E-state index < -0.39 is 0 Å². The molecule has 0 spiro atoms. The number of benzene rings is 1. The van der Waals surface area contributed by atoms with Gasteiger partial charge in [0.15, 0.2) is 0 Å². The average molecular weight is 267 g/mol. The lowest BCUT2D eigenvalue weighted by molar-refractivity contribution is 0.192. The Balaban J connectivity index is 2.50. The first-order chi connectivity index (χ1) is 8.63. The highest BCUT2D eigenvalue weighted by Gasteiger charge is 2.05. The minimum Gasteiger partial charge on any atom is -0.393 e. The van der Waals surface area contributed by atoms with E-state index in [1.54, 1.807) is 0 Å². The van der Waals surface area contributed by atoms with E-state index in [-0.39, 0.29) is 6.10 Å². The topological polar surface area (TPSA) is 32.3 Å². The van der Waals surface area contributed by atoms with Crippen molar-refractivity contribution in [2.24, 2.45) is 0 Å². The van der Waals surface area contributed by atoms with Crippen molar-refractivity contribution in [3.63, 3.8) is 0 Å². The molecule has 3 heteroatoms. The zero-order chi connectivity index (χ0) is 13.4. The van der Waals surface area contributed by atoms with Crippen LogP contribution in [0.5, 0.6) is 0 Å². The van der Waals surface area contributed by atoms with Crippen molar-refractivity contribution in [1.82, 2.24) is 5.32 Å². The molecule has 0 aliphatic rings. The standard InChI is InChI=1S/C15H25NOS/c1-4-9-16-13(3)14-6-5-7-15(11-14)18-10-8-12(2)17/h5-7,11-13,16-17H,4,8-10H2,1-3H3. The zero-order valence-corrected chi connectivity index (χ0v) is 12.5. The monoisotopic (exact) mass is 267 g/mol. The Morgan fingerprint density at radius 1 is 1.33 bits per heavy atom. The smallest absolute Gasteiger partial charge is 0.0520 e. The van der Waals surface area contributed by atoms with Crippen molar-refractivity contribution in [2.75, 3.05) is 12.3 Å². The second kappa shape index (κ2) is 8.57. The van der Waals surface area contributed by atoms with E-state index in [9.17, 15) is 5.11 Å². The van der Waals surface area contributed by atoms with Gasteiger partial charge in [0.05, 0.1) is 6.10 Å². The molecule has 0 aliphatic carbocycles. The molecule has 2 nitrogen and oxygen atoms in total. The summed E-state index contributed by atoms with van der Waals surface area (Å²) < 4.78 is 0. The van der Waals surface area contributed by atoms with Gasteiger partial charge in [-0.15, -0.1) is 11.8 Å². The first-order valence-electron chi connectivity index (χ1n) is 6.77. The summed E-state index contributed by atoms with van der Waals surface area (Å²) in [5.74, 6) is 0.970. The Morgan fingerprint density at radius 2 is 2.11 bits per heavy atom. The van der Waals surface area contributed by atoms with Crippen LogP contribution in [0, 0.1) is 0 Å². The quantitative estimate of drug-likeness (QED) is 0.706. The third-order valence-corrected chi connectivity index (χ3v) is 3.89. The Hall–Kier alpha value is -0.510. The van der Waals surface area contributed by atoms with Crippen molar-refractivity contribution in [3.8, 4) is 0 Å². The summed E-state index contributed by atoms with van der Waals surface area (Å²) in [5.41, 5.74) is 1.34. The molecule has 1 aromatic rings. The molecule has 2 atom stereocenters. The number of rotatable bonds is 8. The summed E-state index contributed by atoms with van der Waals surface area (Å²) in [4.78, 5) is 1.29. The third-order valence-electron chi connectivity index (χ3n) is 2.86. The first-order valence-corrected chi connectivity index (χ1v) is 7.76. The van der Waals surface area contributed by atoms with Crippen LogP contribution in [0.25, 0.3) is 0 Å². The average Bonchev–Trinajstić information content (AvgIpc) is 2.36. The minimum atomic E-state index is -0.203. The molecule has 0 saturated carbocycles. The van der Waals surface area contributed by atoms with Crippen LogP contribution < -0.4 is 5.32 Å². The largest absolute Gasteiger partial charge is 0.393 e. The normalized spacial score (nSPS) is 14.4. The van der Waals surface area contributed by atoms with Gasteiger partial charge < -0.3 is 10.4 Å². The van der Waals surface area contributed by atoms with Gasteiger partial charge in [-0.3, -0.25) is 0 Å². The van der Waals surface area contributed by atoms with Crippen molar-refractivity contribution in [1.29, 1.82) is 0 Å². The van der Waals surface area contributed by atoms with Gasteiger partial charge in [0, 0.05) is 16.7 Å². The molecule has 0 radical (unpaired) electrons. The Bertz CT molecular complexity index is 341. The van der Waals surface area contributed by atoms with Gasteiger partial charge in [-0.2, -0.15) is 0 Å². The summed E-state index contributed by atoms with van der Waals surface area (Å²) >= 11 is 1.82. The lowest BCUT2D eigenvalue weighted by Crippen LogP contribution is -2.19. The molecule has 0 saturated heterocycles. The zero-order valence-electron chi connectivity index (χ0n) is 11.6. The van der Waals surface area contributed by atoms with Crippen LogP contribution in [-0.2, 0) is 0 Å². The molecule has 18 heavy (non-hydrogen) atoms. The van der Waals surface area contributed by atoms with Gasteiger partial charge in [-0.1, -0.05) is 19.1 Å². The molecular formula is C15H25NOS. The summed E-state index contributed by atoms with van der Waals surface area (Å²) in [5, 5.41) is 12.7. The lowest BCUT2D eigenvalue weighted by atomic mass is 10.1. The minimum absolute atomic E-state index is 0.203. The highest BCUT2D eigenvalue weighted by molar-refractivity contribution is 7.99. The molecular weight excluding hydrogens is 242 g/mol. The van der Waals surface area contributed by atoms with E-state index >= 15 is 0 Å². The Labute approximate surface area is 115 Å². The number of hydrogen-bond donors (Lipinski definition) is 2. The number of hydrogen-bond acceptors (Lipinski definition) is 3. The van der Waals surface area contributed by atoms with Gasteiger partial charge in [0.1, 0.15) is 0 Å². The van der Waals surface area contributed by atoms with Gasteiger partial charge in [-0.25, -0.2) is 0 Å². The maximum absolute atomic E-state index is 9.25. The van der Waals surface area contributed by atoms with E-state index in [2.05, 4.69) is 43.4 Å². The van der Waals surface area contributed by atoms with Crippen LogP contribution in [0.3, 0.4) is 0 Å². The highest BCUT2D eigenvalue weighted by Crippen LogP contribution is 2.23. The molecule has 0 amide bonds. The number of nitrogens with one attached hydrogen (secondary N) is 1. The summed E-state index contributed by atoms with van der Waals surface area (Å²) in [7, 11) is 0. The van der Waals surface area contributed by atoms with Crippen LogP contribution in [0.15, 0.2) is 29.2 Å². The Kier molecular flexibility index (Phi) is 7.40. The van der Waals surface area contributed by atoms with E-state index in [4.69, 9.17) is 0 Å². The van der Waals surface area contributed by atoms with Crippen LogP contribution in [-0.4, -0.2) is 23.5 Å². The molecule has 0 fully saturated rings. The maximum Gasteiger partial charge on any atom is 0.0520 e.